The van der Waals surface area contributed by atoms with Gasteiger partial charge in [-0.25, -0.2) is 13.2 Å². The number of hydrogen-bond acceptors (Lipinski definition) is 6. The van der Waals surface area contributed by atoms with Crippen LogP contribution in [0.4, 0.5) is 4.79 Å². The Morgan fingerprint density at radius 3 is 2.26 bits per heavy atom. The van der Waals surface area contributed by atoms with E-state index in [1.54, 1.807) is 12.1 Å². The van der Waals surface area contributed by atoms with Crippen LogP contribution in [0.2, 0.25) is 0 Å². The summed E-state index contributed by atoms with van der Waals surface area (Å²) in [6.45, 7) is 6.68. The fraction of sp³-hybridized carbons (Fsp3) is 0.462. The third-order valence-corrected chi connectivity index (χ3v) is 8.57. The lowest BCUT2D eigenvalue weighted by Gasteiger charge is -2.33. The number of aliphatic hydroxyl groups is 1. The van der Waals surface area contributed by atoms with E-state index in [1.807, 2.05) is 32.9 Å². The van der Waals surface area contributed by atoms with Gasteiger partial charge in [-0.3, -0.25) is 4.79 Å². The molecule has 0 aromatic heterocycles. The average Bonchev–Trinajstić information content (AvgIpc) is 2.88. The number of benzene rings is 2. The summed E-state index contributed by atoms with van der Waals surface area (Å²) in [5.74, 6) is 0.203. The molecule has 9 heteroatoms. The fourth-order valence-electron chi connectivity index (χ4n) is 4.24. The van der Waals surface area contributed by atoms with Crippen LogP contribution in [-0.2, 0) is 26.0 Å². The zero-order valence-electron chi connectivity index (χ0n) is 20.8. The molecule has 1 aliphatic rings. The number of aliphatic hydroxyl groups excluding tert-OH is 1. The quantitative estimate of drug-likeness (QED) is 0.594. The van der Waals surface area contributed by atoms with Gasteiger partial charge < -0.3 is 14.7 Å². The van der Waals surface area contributed by atoms with Crippen molar-refractivity contribution in [1.82, 2.24) is 9.21 Å². The van der Waals surface area contributed by atoms with Crippen LogP contribution in [0.15, 0.2) is 41.3 Å². The van der Waals surface area contributed by atoms with E-state index in [0.29, 0.717) is 24.8 Å². The van der Waals surface area contributed by atoms with Gasteiger partial charge in [0.2, 0.25) is 10.0 Å². The Morgan fingerprint density at radius 1 is 1.06 bits per heavy atom. The van der Waals surface area contributed by atoms with E-state index in [0.717, 1.165) is 22.3 Å². The lowest BCUT2D eigenvalue weighted by Crippen LogP contribution is -2.50. The maximum Gasteiger partial charge on any atom is 0.409 e. The number of amides is 1. The van der Waals surface area contributed by atoms with Gasteiger partial charge in [-0.15, -0.1) is 0 Å². The second kappa shape index (κ2) is 11.3. The lowest BCUT2D eigenvalue weighted by molar-refractivity contribution is -0.118. The molecular weight excluding hydrogens is 468 g/mol. The zero-order chi connectivity index (χ0) is 25.8. The molecule has 190 valence electrons. The molecule has 1 heterocycles. The Kier molecular flexibility index (Phi) is 8.69. The van der Waals surface area contributed by atoms with Crippen molar-refractivity contribution >= 4 is 21.9 Å². The molecule has 1 fully saturated rings. The minimum Gasteiger partial charge on any atom is -0.453 e. The molecule has 0 aliphatic carbocycles. The average molecular weight is 503 g/mol. The van der Waals surface area contributed by atoms with Crippen LogP contribution in [0.25, 0.3) is 0 Å². The molecule has 3 rings (SSSR count). The molecule has 0 saturated carbocycles. The number of Topliss-reactive ketones (excluding diaryl/α,β-unsaturated/α-hetero) is 1. The first-order chi connectivity index (χ1) is 16.6. The summed E-state index contributed by atoms with van der Waals surface area (Å²) in [5, 5.41) is 11.1. The minimum atomic E-state index is -3.72. The molecule has 1 saturated heterocycles. The molecule has 1 atom stereocenters. The van der Waals surface area contributed by atoms with Crippen molar-refractivity contribution in [3.63, 3.8) is 0 Å². The first-order valence-electron chi connectivity index (χ1n) is 11.8. The first-order valence-corrected chi connectivity index (χ1v) is 13.2. The van der Waals surface area contributed by atoms with Gasteiger partial charge in [0.25, 0.3) is 0 Å². The highest BCUT2D eigenvalue weighted by molar-refractivity contribution is 7.89. The summed E-state index contributed by atoms with van der Waals surface area (Å²) < 4.78 is 32.2. The highest BCUT2D eigenvalue weighted by atomic mass is 32.2. The van der Waals surface area contributed by atoms with Crippen molar-refractivity contribution in [3.05, 3.63) is 64.2 Å². The van der Waals surface area contributed by atoms with Crippen molar-refractivity contribution in [2.45, 2.75) is 51.0 Å². The smallest absolute Gasteiger partial charge is 0.409 e. The van der Waals surface area contributed by atoms with E-state index >= 15 is 0 Å². The van der Waals surface area contributed by atoms with Crippen LogP contribution < -0.4 is 0 Å². The van der Waals surface area contributed by atoms with Crippen LogP contribution in [0.3, 0.4) is 0 Å². The van der Waals surface area contributed by atoms with Crippen molar-refractivity contribution in [3.8, 4) is 0 Å². The third kappa shape index (κ3) is 6.09. The number of carbonyl (C=O) groups is 2. The van der Waals surface area contributed by atoms with Crippen LogP contribution >= 0.6 is 0 Å². The second-order valence-corrected chi connectivity index (χ2v) is 10.8. The number of aryl methyl sites for hydroxylation is 2. The van der Waals surface area contributed by atoms with E-state index in [1.165, 1.54) is 28.4 Å². The van der Waals surface area contributed by atoms with Crippen LogP contribution in [0.5, 0.6) is 0 Å². The number of rotatable bonds is 8. The number of piperazine rings is 1. The number of hydrogen-bond donors (Lipinski definition) is 1. The Morgan fingerprint density at radius 2 is 1.69 bits per heavy atom. The number of carbonyl (C=O) groups excluding carboxylic acids is 2. The second-order valence-electron chi connectivity index (χ2n) is 8.85. The molecule has 8 nitrogen and oxygen atoms in total. The number of methoxy groups -OCH3 is 1. The maximum atomic E-state index is 13.1. The van der Waals surface area contributed by atoms with Gasteiger partial charge in [-0.2, -0.15) is 4.31 Å². The van der Waals surface area contributed by atoms with E-state index in [9.17, 15) is 23.1 Å². The monoisotopic (exact) mass is 502 g/mol. The summed E-state index contributed by atoms with van der Waals surface area (Å²) in [5.41, 5.74) is 4.32. The fourth-order valence-corrected chi connectivity index (χ4v) is 5.67. The predicted molar refractivity (Wildman–Crippen MR) is 133 cm³/mol. The summed E-state index contributed by atoms with van der Waals surface area (Å²) in [7, 11) is -2.42. The number of sulfonamides is 1. The molecule has 2 aromatic rings. The zero-order valence-corrected chi connectivity index (χ0v) is 21.6. The minimum absolute atomic E-state index is 0.139. The molecule has 1 amide bonds. The summed E-state index contributed by atoms with van der Waals surface area (Å²) in [6, 6.07) is 10.2. The van der Waals surface area contributed by atoms with Crippen molar-refractivity contribution in [2.24, 2.45) is 0 Å². The molecule has 1 unspecified atom stereocenters. The molecule has 2 aromatic carbocycles. The SMILES string of the molecule is CCC(=O)CCc1cc(C)c(C)c(C(O)c2ccc(S(=O)(=O)N3CCN(C(=O)OC)CC3)cc2)c1. The van der Waals surface area contributed by atoms with Crippen molar-refractivity contribution < 1.29 is 27.9 Å². The van der Waals surface area contributed by atoms with Crippen molar-refractivity contribution in [1.29, 1.82) is 0 Å². The van der Waals surface area contributed by atoms with E-state index in [-0.39, 0.29) is 36.9 Å². The van der Waals surface area contributed by atoms with Gasteiger partial charge in [0, 0.05) is 39.0 Å². The Hall–Kier alpha value is -2.75. The highest BCUT2D eigenvalue weighted by Crippen LogP contribution is 2.29. The predicted octanol–water partition coefficient (Wildman–Crippen LogP) is 3.37. The third-order valence-electron chi connectivity index (χ3n) is 6.65. The molecular formula is C26H34N2O6S. The molecule has 0 radical (unpaired) electrons. The Labute approximate surface area is 207 Å². The molecule has 0 bridgehead atoms. The van der Waals surface area contributed by atoms with Crippen LogP contribution in [-0.4, -0.2) is 67.9 Å². The van der Waals surface area contributed by atoms with E-state index < -0.39 is 22.2 Å². The van der Waals surface area contributed by atoms with E-state index in [4.69, 9.17) is 4.74 Å². The molecule has 0 spiro atoms. The largest absolute Gasteiger partial charge is 0.453 e. The van der Waals surface area contributed by atoms with Crippen LogP contribution in [0, 0.1) is 13.8 Å². The summed E-state index contributed by atoms with van der Waals surface area (Å²) in [6.07, 6.45) is 0.210. The molecule has 1 N–H and O–H groups in total. The highest BCUT2D eigenvalue weighted by Gasteiger charge is 2.30. The summed E-state index contributed by atoms with van der Waals surface area (Å²) in [4.78, 5) is 25.0. The maximum absolute atomic E-state index is 13.1. The van der Waals surface area contributed by atoms with Crippen molar-refractivity contribution in [2.75, 3.05) is 33.3 Å². The van der Waals surface area contributed by atoms with Gasteiger partial charge in [0.1, 0.15) is 11.9 Å². The first kappa shape index (κ1) is 26.8. The topological polar surface area (TPSA) is 104 Å². The standard InChI is InChI=1S/C26H34N2O6S/c1-5-22(29)9-6-20-16-18(2)19(3)24(17-20)25(30)21-7-10-23(11-8-21)35(32,33)28-14-12-27(13-15-28)26(31)34-4/h7-8,10-11,16-17,25,30H,5-6,9,12-15H2,1-4H3. The van der Waals surface area contributed by atoms with Gasteiger partial charge in [0.15, 0.2) is 0 Å². The number of ether oxygens (including phenoxy) is 1. The normalized spacial score (nSPS) is 15.6. The number of nitrogens with zero attached hydrogens (tertiary/aromatic N) is 2. The lowest BCUT2D eigenvalue weighted by atomic mass is 9.91. The molecule has 1 aliphatic heterocycles. The number of ketones is 1. The Balaban J connectivity index is 1.77. The van der Waals surface area contributed by atoms with Gasteiger partial charge in [-0.1, -0.05) is 31.2 Å². The van der Waals surface area contributed by atoms with Crippen LogP contribution in [0.1, 0.15) is 53.7 Å². The summed E-state index contributed by atoms with van der Waals surface area (Å²) >= 11 is 0. The van der Waals surface area contributed by atoms with Gasteiger partial charge in [0.05, 0.1) is 12.0 Å². The van der Waals surface area contributed by atoms with E-state index in [2.05, 4.69) is 0 Å². The van der Waals surface area contributed by atoms with Gasteiger partial charge >= 0.3 is 6.09 Å². The Bertz CT molecular complexity index is 1170. The van der Waals surface area contributed by atoms with Gasteiger partial charge in [-0.05, 0) is 60.2 Å². The molecule has 35 heavy (non-hydrogen) atoms.